The first-order valence-electron chi connectivity index (χ1n) is 6.32. The zero-order valence-electron chi connectivity index (χ0n) is 11.5. The van der Waals surface area contributed by atoms with Crippen molar-refractivity contribution < 1.29 is 12.8 Å². The van der Waals surface area contributed by atoms with Crippen LogP contribution in [0, 0.1) is 0 Å². The molecule has 0 fully saturated rings. The standard InChI is InChI=1S/C14H16BrNO3S2/c1-16(8-10-20-11-13-3-2-9-19-13)21(17,18)14-6-4-12(15)5-7-14/h2-7,9H,8,10-11H2,1H3. The maximum absolute atomic E-state index is 12.3. The summed E-state index contributed by atoms with van der Waals surface area (Å²) in [4.78, 5) is 0.309. The molecule has 0 atom stereocenters. The summed E-state index contributed by atoms with van der Waals surface area (Å²) < 4.78 is 32.2. The fourth-order valence-corrected chi connectivity index (χ4v) is 4.13. The normalized spacial score (nSPS) is 12.0. The Morgan fingerprint density at radius 2 is 1.95 bits per heavy atom. The van der Waals surface area contributed by atoms with Crippen LogP contribution in [0.15, 0.2) is 56.4 Å². The van der Waals surface area contributed by atoms with Gasteiger partial charge in [-0.25, -0.2) is 12.7 Å². The third-order valence-corrected chi connectivity index (χ3v) is 6.26. The lowest BCUT2D eigenvalue weighted by atomic mass is 10.4. The molecule has 114 valence electrons. The minimum atomic E-state index is -3.41. The van der Waals surface area contributed by atoms with Gasteiger partial charge in [-0.1, -0.05) is 15.9 Å². The molecular formula is C14H16BrNO3S2. The van der Waals surface area contributed by atoms with E-state index in [0.717, 1.165) is 16.0 Å². The number of rotatable bonds is 7. The minimum absolute atomic E-state index is 0.309. The lowest BCUT2D eigenvalue weighted by molar-refractivity contribution is 0.488. The van der Waals surface area contributed by atoms with E-state index in [1.165, 1.54) is 4.31 Å². The van der Waals surface area contributed by atoms with Gasteiger partial charge in [-0.05, 0) is 36.4 Å². The Morgan fingerprint density at radius 1 is 1.24 bits per heavy atom. The zero-order chi connectivity index (χ0) is 15.3. The Labute approximate surface area is 137 Å². The highest BCUT2D eigenvalue weighted by Crippen LogP contribution is 2.19. The Bertz CT molecular complexity index is 654. The smallest absolute Gasteiger partial charge is 0.242 e. The predicted octanol–water partition coefficient (Wildman–Crippen LogP) is 3.60. The van der Waals surface area contributed by atoms with Crippen LogP contribution in [0.2, 0.25) is 0 Å². The van der Waals surface area contributed by atoms with Crippen LogP contribution < -0.4 is 0 Å². The Morgan fingerprint density at radius 3 is 2.57 bits per heavy atom. The van der Waals surface area contributed by atoms with E-state index in [4.69, 9.17) is 4.42 Å². The summed E-state index contributed by atoms with van der Waals surface area (Å²) in [6.45, 7) is 0.462. The van der Waals surface area contributed by atoms with Crippen LogP contribution in [0.4, 0.5) is 0 Å². The largest absolute Gasteiger partial charge is 0.468 e. The van der Waals surface area contributed by atoms with Gasteiger partial charge in [0, 0.05) is 23.8 Å². The summed E-state index contributed by atoms with van der Waals surface area (Å²) >= 11 is 4.94. The van der Waals surface area contributed by atoms with Crippen LogP contribution in [-0.2, 0) is 15.8 Å². The van der Waals surface area contributed by atoms with Crippen molar-refractivity contribution >= 4 is 37.7 Å². The molecule has 0 aliphatic carbocycles. The number of nitrogens with zero attached hydrogens (tertiary/aromatic N) is 1. The van der Waals surface area contributed by atoms with E-state index in [1.807, 2.05) is 12.1 Å². The number of sulfonamides is 1. The lowest BCUT2D eigenvalue weighted by Gasteiger charge is -2.16. The SMILES string of the molecule is CN(CCSCc1ccco1)S(=O)(=O)c1ccc(Br)cc1. The molecule has 1 aromatic carbocycles. The molecule has 7 heteroatoms. The van der Waals surface area contributed by atoms with Gasteiger partial charge in [0.15, 0.2) is 0 Å². The second-order valence-electron chi connectivity index (χ2n) is 4.41. The second kappa shape index (κ2) is 7.49. The molecule has 0 spiro atoms. The monoisotopic (exact) mass is 389 g/mol. The van der Waals surface area contributed by atoms with Crippen LogP contribution in [0.25, 0.3) is 0 Å². The van der Waals surface area contributed by atoms with Crippen LogP contribution >= 0.6 is 27.7 Å². The molecule has 0 saturated heterocycles. The van der Waals surface area contributed by atoms with Gasteiger partial charge in [-0.2, -0.15) is 11.8 Å². The molecule has 0 radical (unpaired) electrons. The van der Waals surface area contributed by atoms with E-state index in [-0.39, 0.29) is 0 Å². The molecule has 0 amide bonds. The third-order valence-electron chi connectivity index (χ3n) is 2.90. The van der Waals surface area contributed by atoms with Crippen LogP contribution in [0.5, 0.6) is 0 Å². The van der Waals surface area contributed by atoms with Gasteiger partial charge in [0.05, 0.1) is 16.9 Å². The maximum atomic E-state index is 12.3. The average Bonchev–Trinajstić information content (AvgIpc) is 2.97. The fraction of sp³-hybridized carbons (Fsp3) is 0.286. The van der Waals surface area contributed by atoms with Crippen LogP contribution in [-0.4, -0.2) is 32.1 Å². The van der Waals surface area contributed by atoms with Crippen molar-refractivity contribution in [2.24, 2.45) is 0 Å². The summed E-state index contributed by atoms with van der Waals surface area (Å²) in [5.74, 6) is 2.37. The molecule has 0 aliphatic rings. The van der Waals surface area contributed by atoms with Crippen molar-refractivity contribution in [1.82, 2.24) is 4.31 Å². The highest BCUT2D eigenvalue weighted by Gasteiger charge is 2.20. The fourth-order valence-electron chi connectivity index (χ4n) is 1.67. The van der Waals surface area contributed by atoms with Gasteiger partial charge < -0.3 is 4.42 Å². The summed E-state index contributed by atoms with van der Waals surface area (Å²) in [6.07, 6.45) is 1.64. The summed E-state index contributed by atoms with van der Waals surface area (Å²) in [7, 11) is -1.81. The summed E-state index contributed by atoms with van der Waals surface area (Å²) in [6, 6.07) is 10.4. The van der Waals surface area contributed by atoms with E-state index >= 15 is 0 Å². The Kier molecular flexibility index (Phi) is 5.92. The molecule has 0 saturated carbocycles. The quantitative estimate of drug-likeness (QED) is 0.678. The maximum Gasteiger partial charge on any atom is 0.242 e. The third kappa shape index (κ3) is 4.60. The number of thioether (sulfide) groups is 1. The van der Waals surface area contributed by atoms with Crippen molar-refractivity contribution in [2.45, 2.75) is 10.6 Å². The molecule has 0 unspecified atom stereocenters. The van der Waals surface area contributed by atoms with Gasteiger partial charge in [-0.15, -0.1) is 0 Å². The van der Waals surface area contributed by atoms with Gasteiger partial charge in [0.2, 0.25) is 10.0 Å². The van der Waals surface area contributed by atoms with Crippen molar-refractivity contribution in [3.8, 4) is 0 Å². The molecular weight excluding hydrogens is 374 g/mol. The van der Waals surface area contributed by atoms with Crippen molar-refractivity contribution in [3.63, 3.8) is 0 Å². The van der Waals surface area contributed by atoms with E-state index in [1.54, 1.807) is 49.3 Å². The predicted molar refractivity (Wildman–Crippen MR) is 88.8 cm³/mol. The van der Waals surface area contributed by atoms with Crippen molar-refractivity contribution in [3.05, 3.63) is 52.9 Å². The molecule has 0 aliphatic heterocycles. The first-order chi connectivity index (χ1) is 10.00. The number of halogens is 1. The number of furan rings is 1. The number of hydrogen-bond donors (Lipinski definition) is 0. The molecule has 1 aromatic heterocycles. The molecule has 0 bridgehead atoms. The lowest BCUT2D eigenvalue weighted by Crippen LogP contribution is -2.29. The number of hydrogen-bond acceptors (Lipinski definition) is 4. The highest BCUT2D eigenvalue weighted by molar-refractivity contribution is 9.10. The zero-order valence-corrected chi connectivity index (χ0v) is 14.7. The van der Waals surface area contributed by atoms with Crippen molar-refractivity contribution in [1.29, 1.82) is 0 Å². The highest BCUT2D eigenvalue weighted by atomic mass is 79.9. The van der Waals surface area contributed by atoms with Gasteiger partial charge in [-0.3, -0.25) is 0 Å². The molecule has 1 heterocycles. The van der Waals surface area contributed by atoms with E-state index in [2.05, 4.69) is 15.9 Å². The van der Waals surface area contributed by atoms with E-state index in [0.29, 0.717) is 17.2 Å². The van der Waals surface area contributed by atoms with Crippen LogP contribution in [0.3, 0.4) is 0 Å². The Hall–Kier alpha value is -0.760. The topological polar surface area (TPSA) is 50.5 Å². The van der Waals surface area contributed by atoms with Crippen LogP contribution in [0.1, 0.15) is 5.76 Å². The second-order valence-corrected chi connectivity index (χ2v) is 8.48. The molecule has 21 heavy (non-hydrogen) atoms. The Balaban J connectivity index is 1.86. The first-order valence-corrected chi connectivity index (χ1v) is 9.71. The minimum Gasteiger partial charge on any atom is -0.468 e. The molecule has 2 rings (SSSR count). The molecule has 4 nitrogen and oxygen atoms in total. The van der Waals surface area contributed by atoms with Crippen molar-refractivity contribution in [2.75, 3.05) is 19.3 Å². The van der Waals surface area contributed by atoms with Gasteiger partial charge in [0.25, 0.3) is 0 Å². The van der Waals surface area contributed by atoms with Gasteiger partial charge in [0.1, 0.15) is 5.76 Å². The van der Waals surface area contributed by atoms with E-state index < -0.39 is 10.0 Å². The summed E-state index contributed by atoms with van der Waals surface area (Å²) in [5.41, 5.74) is 0. The number of benzene rings is 1. The van der Waals surface area contributed by atoms with Gasteiger partial charge >= 0.3 is 0 Å². The first kappa shape index (κ1) is 16.6. The summed E-state index contributed by atoms with van der Waals surface area (Å²) in [5, 5.41) is 0. The average molecular weight is 390 g/mol. The van der Waals surface area contributed by atoms with E-state index in [9.17, 15) is 8.42 Å². The molecule has 2 aromatic rings. The molecule has 0 N–H and O–H groups in total.